The van der Waals surface area contributed by atoms with E-state index >= 15 is 0 Å². The highest BCUT2D eigenvalue weighted by Crippen LogP contribution is 2.47. The van der Waals surface area contributed by atoms with Crippen molar-refractivity contribution in [3.8, 4) is 0 Å². The summed E-state index contributed by atoms with van der Waals surface area (Å²) in [7, 11) is 0. The van der Waals surface area contributed by atoms with E-state index in [0.717, 1.165) is 12.8 Å². The number of aliphatic hydroxyl groups is 1. The van der Waals surface area contributed by atoms with Gasteiger partial charge in [0.15, 0.2) is 0 Å². The van der Waals surface area contributed by atoms with Crippen LogP contribution in [0.4, 0.5) is 0 Å². The molecule has 1 nitrogen and oxygen atoms in total. The second-order valence-corrected chi connectivity index (χ2v) is 5.65. The van der Waals surface area contributed by atoms with Crippen LogP contribution < -0.4 is 0 Å². The molecule has 0 spiro atoms. The number of benzene rings is 1. The molecule has 0 aliphatic heterocycles. The zero-order valence-corrected chi connectivity index (χ0v) is 9.31. The molecule has 76 valence electrons. The van der Waals surface area contributed by atoms with E-state index in [1.165, 1.54) is 16.9 Å². The fourth-order valence-corrected chi connectivity index (χ4v) is 3.24. The lowest BCUT2D eigenvalue weighted by Gasteiger charge is -2.39. The quantitative estimate of drug-likeness (QED) is 0.824. The average molecular weight is 208 g/mol. The van der Waals surface area contributed by atoms with Crippen LogP contribution >= 0.6 is 11.8 Å². The Labute approximate surface area is 89.5 Å². The molecule has 0 radical (unpaired) electrons. The fourth-order valence-electron chi connectivity index (χ4n) is 1.79. The summed E-state index contributed by atoms with van der Waals surface area (Å²) in [5.41, 5.74) is 1.29. The molecule has 2 heteroatoms. The van der Waals surface area contributed by atoms with Gasteiger partial charge in [-0.3, -0.25) is 0 Å². The Balaban J connectivity index is 2.09. The molecule has 1 N–H and O–H groups in total. The van der Waals surface area contributed by atoms with Crippen molar-refractivity contribution in [1.82, 2.24) is 0 Å². The lowest BCUT2D eigenvalue weighted by molar-refractivity contribution is 0.191. The third kappa shape index (κ3) is 1.96. The summed E-state index contributed by atoms with van der Waals surface area (Å²) in [4.78, 5) is 1.29. The molecule has 0 heterocycles. The van der Waals surface area contributed by atoms with Gasteiger partial charge in [-0.2, -0.15) is 0 Å². The summed E-state index contributed by atoms with van der Waals surface area (Å²) in [5.74, 6) is 0. The molecule has 1 aliphatic carbocycles. The third-order valence-electron chi connectivity index (χ3n) is 2.88. The highest BCUT2D eigenvalue weighted by atomic mass is 32.2. The van der Waals surface area contributed by atoms with Crippen molar-refractivity contribution < 1.29 is 5.11 Å². The maximum atomic E-state index is 9.35. The molecule has 1 saturated carbocycles. The van der Waals surface area contributed by atoms with E-state index in [1.54, 1.807) is 0 Å². The van der Waals surface area contributed by atoms with Gasteiger partial charge >= 0.3 is 0 Å². The molecule has 1 aliphatic rings. The molecule has 0 aromatic heterocycles. The Bertz CT molecular complexity index is 312. The van der Waals surface area contributed by atoms with Gasteiger partial charge in [0.25, 0.3) is 0 Å². The van der Waals surface area contributed by atoms with Gasteiger partial charge in [0.05, 0.1) is 6.61 Å². The maximum Gasteiger partial charge on any atom is 0.0581 e. The van der Waals surface area contributed by atoms with Gasteiger partial charge in [0, 0.05) is 9.64 Å². The molecule has 0 amide bonds. The van der Waals surface area contributed by atoms with Crippen LogP contribution in [0.25, 0.3) is 0 Å². The minimum absolute atomic E-state index is 0.133. The van der Waals surface area contributed by atoms with Crippen LogP contribution in [0, 0.1) is 6.92 Å². The number of hydrogen-bond acceptors (Lipinski definition) is 2. The minimum Gasteiger partial charge on any atom is -0.395 e. The van der Waals surface area contributed by atoms with E-state index in [0.29, 0.717) is 6.61 Å². The van der Waals surface area contributed by atoms with Crippen molar-refractivity contribution in [3.63, 3.8) is 0 Å². The highest BCUT2D eigenvalue weighted by molar-refractivity contribution is 8.00. The fraction of sp³-hybridized carbons (Fsp3) is 0.500. The maximum absolute atomic E-state index is 9.35. The van der Waals surface area contributed by atoms with E-state index in [1.807, 2.05) is 11.8 Å². The summed E-state index contributed by atoms with van der Waals surface area (Å²) >= 11 is 1.84. The predicted molar refractivity (Wildman–Crippen MR) is 60.7 cm³/mol. The van der Waals surface area contributed by atoms with Crippen LogP contribution in [0.2, 0.25) is 0 Å². The zero-order chi connectivity index (χ0) is 10.0. The number of rotatable bonds is 3. The summed E-state index contributed by atoms with van der Waals surface area (Å²) in [6.07, 6.45) is 3.57. The molecular formula is C12H16OS. The van der Waals surface area contributed by atoms with Crippen LogP contribution in [0.15, 0.2) is 29.2 Å². The summed E-state index contributed by atoms with van der Waals surface area (Å²) < 4.78 is 0.133. The van der Waals surface area contributed by atoms with Gasteiger partial charge in [-0.25, -0.2) is 0 Å². The van der Waals surface area contributed by atoms with Crippen LogP contribution in [0.5, 0.6) is 0 Å². The highest BCUT2D eigenvalue weighted by Gasteiger charge is 2.37. The normalized spacial score (nSPS) is 19.0. The Morgan fingerprint density at radius 1 is 1.43 bits per heavy atom. The van der Waals surface area contributed by atoms with Crippen molar-refractivity contribution in [2.45, 2.75) is 35.8 Å². The molecular weight excluding hydrogens is 192 g/mol. The van der Waals surface area contributed by atoms with Crippen molar-refractivity contribution in [2.75, 3.05) is 6.61 Å². The van der Waals surface area contributed by atoms with Crippen molar-refractivity contribution >= 4 is 11.8 Å². The van der Waals surface area contributed by atoms with Gasteiger partial charge in [0.1, 0.15) is 0 Å². The molecule has 0 saturated heterocycles. The number of aliphatic hydroxyl groups excluding tert-OH is 1. The van der Waals surface area contributed by atoms with Crippen LogP contribution in [-0.2, 0) is 0 Å². The summed E-state index contributed by atoms with van der Waals surface area (Å²) in [5, 5.41) is 9.35. The lowest BCUT2D eigenvalue weighted by Crippen LogP contribution is -2.37. The first-order valence-corrected chi connectivity index (χ1v) is 5.92. The Morgan fingerprint density at radius 2 is 2.21 bits per heavy atom. The predicted octanol–water partition coefficient (Wildman–Crippen LogP) is 3.00. The Hall–Kier alpha value is -0.470. The molecule has 14 heavy (non-hydrogen) atoms. The molecule has 0 unspecified atom stereocenters. The third-order valence-corrected chi connectivity index (χ3v) is 4.34. The van der Waals surface area contributed by atoms with E-state index in [9.17, 15) is 5.11 Å². The smallest absolute Gasteiger partial charge is 0.0581 e. The molecule has 1 fully saturated rings. The van der Waals surface area contributed by atoms with Gasteiger partial charge in [-0.05, 0) is 31.9 Å². The van der Waals surface area contributed by atoms with Crippen molar-refractivity contribution in [2.24, 2.45) is 0 Å². The number of thioether (sulfide) groups is 1. The lowest BCUT2D eigenvalue weighted by atomic mass is 9.85. The molecule has 0 atom stereocenters. The largest absolute Gasteiger partial charge is 0.395 e. The van der Waals surface area contributed by atoms with E-state index in [4.69, 9.17) is 0 Å². The second-order valence-electron chi connectivity index (χ2n) is 4.11. The molecule has 2 rings (SSSR count). The van der Waals surface area contributed by atoms with Crippen LogP contribution in [-0.4, -0.2) is 16.5 Å². The molecule has 1 aromatic carbocycles. The second kappa shape index (κ2) is 3.95. The summed E-state index contributed by atoms with van der Waals surface area (Å²) in [6, 6.07) is 8.52. The SMILES string of the molecule is Cc1cccc(SC2(CO)CCC2)c1. The standard InChI is InChI=1S/C12H16OS/c1-10-4-2-5-11(8-10)14-12(9-13)6-3-7-12/h2,4-5,8,13H,3,6-7,9H2,1H3. The zero-order valence-electron chi connectivity index (χ0n) is 8.49. The topological polar surface area (TPSA) is 20.2 Å². The number of hydrogen-bond donors (Lipinski definition) is 1. The average Bonchev–Trinajstić information content (AvgIpc) is 2.11. The number of aryl methyl sites for hydroxylation is 1. The Morgan fingerprint density at radius 3 is 2.71 bits per heavy atom. The Kier molecular flexibility index (Phi) is 2.84. The van der Waals surface area contributed by atoms with Crippen molar-refractivity contribution in [1.29, 1.82) is 0 Å². The minimum atomic E-state index is 0.133. The van der Waals surface area contributed by atoms with Gasteiger partial charge in [-0.15, -0.1) is 11.8 Å². The molecule has 0 bridgehead atoms. The monoisotopic (exact) mass is 208 g/mol. The van der Waals surface area contributed by atoms with Gasteiger partial charge in [0.2, 0.25) is 0 Å². The first-order chi connectivity index (χ1) is 6.74. The van der Waals surface area contributed by atoms with E-state index < -0.39 is 0 Å². The first-order valence-electron chi connectivity index (χ1n) is 5.11. The molecule has 1 aromatic rings. The van der Waals surface area contributed by atoms with Gasteiger partial charge < -0.3 is 5.11 Å². The summed E-state index contributed by atoms with van der Waals surface area (Å²) in [6.45, 7) is 2.42. The van der Waals surface area contributed by atoms with Crippen molar-refractivity contribution in [3.05, 3.63) is 29.8 Å². The van der Waals surface area contributed by atoms with E-state index in [-0.39, 0.29) is 4.75 Å². The van der Waals surface area contributed by atoms with Crippen LogP contribution in [0.3, 0.4) is 0 Å². The van der Waals surface area contributed by atoms with Gasteiger partial charge in [-0.1, -0.05) is 24.1 Å². The van der Waals surface area contributed by atoms with Crippen LogP contribution in [0.1, 0.15) is 24.8 Å². The van der Waals surface area contributed by atoms with E-state index in [2.05, 4.69) is 31.2 Å². The first kappa shape index (κ1) is 10.1.